The SMILES string of the molecule is C#CCCCNC(=O)C1CCC(C(F)(F)F)CC1. The van der Waals surface area contributed by atoms with E-state index in [1.165, 1.54) is 0 Å². The average Bonchev–Trinajstić information content (AvgIpc) is 2.33. The zero-order valence-electron chi connectivity index (χ0n) is 10.2. The Hall–Kier alpha value is -1.18. The van der Waals surface area contributed by atoms with Crippen molar-refractivity contribution in [1.82, 2.24) is 5.32 Å². The molecule has 1 amide bonds. The standard InChI is InChI=1S/C13H18F3NO/c1-2-3-4-9-17-12(18)10-5-7-11(8-6-10)13(14,15)16/h1,10-11H,3-9H2,(H,17,18). The molecule has 0 spiro atoms. The summed E-state index contributed by atoms with van der Waals surface area (Å²) < 4.78 is 37.3. The molecule has 0 radical (unpaired) electrons. The van der Waals surface area contributed by atoms with Gasteiger partial charge in [0.2, 0.25) is 5.91 Å². The van der Waals surface area contributed by atoms with Gasteiger partial charge < -0.3 is 5.32 Å². The first-order valence-electron chi connectivity index (χ1n) is 6.23. The molecule has 0 unspecified atom stereocenters. The summed E-state index contributed by atoms with van der Waals surface area (Å²) in [7, 11) is 0. The number of carbonyl (C=O) groups excluding carboxylic acids is 1. The van der Waals surface area contributed by atoms with E-state index in [0.29, 0.717) is 32.2 Å². The lowest BCUT2D eigenvalue weighted by molar-refractivity contribution is -0.184. The number of hydrogen-bond donors (Lipinski definition) is 1. The fourth-order valence-electron chi connectivity index (χ4n) is 2.23. The van der Waals surface area contributed by atoms with Gasteiger partial charge in [-0.3, -0.25) is 4.79 Å². The maximum absolute atomic E-state index is 12.4. The molecule has 5 heteroatoms. The van der Waals surface area contributed by atoms with Gasteiger partial charge in [-0.25, -0.2) is 0 Å². The maximum atomic E-state index is 12.4. The molecule has 0 aromatic carbocycles. The highest BCUT2D eigenvalue weighted by molar-refractivity contribution is 5.78. The predicted molar refractivity (Wildman–Crippen MR) is 62.6 cm³/mol. The molecule has 0 atom stereocenters. The Kier molecular flexibility index (Phi) is 5.52. The molecule has 0 aromatic heterocycles. The number of hydrogen-bond acceptors (Lipinski definition) is 1. The van der Waals surface area contributed by atoms with Crippen LogP contribution in [0.1, 0.15) is 38.5 Å². The molecule has 0 aromatic rings. The molecule has 0 heterocycles. The number of alkyl halides is 3. The van der Waals surface area contributed by atoms with Crippen LogP contribution in [0.4, 0.5) is 13.2 Å². The molecule has 18 heavy (non-hydrogen) atoms. The van der Waals surface area contributed by atoms with Gasteiger partial charge in [-0.2, -0.15) is 13.2 Å². The molecule has 1 aliphatic carbocycles. The van der Waals surface area contributed by atoms with Crippen molar-refractivity contribution in [2.45, 2.75) is 44.7 Å². The highest BCUT2D eigenvalue weighted by Crippen LogP contribution is 2.39. The third-order valence-electron chi connectivity index (χ3n) is 3.36. The van der Waals surface area contributed by atoms with Crippen LogP contribution < -0.4 is 5.32 Å². The maximum Gasteiger partial charge on any atom is 0.391 e. The van der Waals surface area contributed by atoms with Crippen LogP contribution in [-0.4, -0.2) is 18.6 Å². The van der Waals surface area contributed by atoms with Crippen LogP contribution in [0.2, 0.25) is 0 Å². The van der Waals surface area contributed by atoms with E-state index < -0.39 is 12.1 Å². The molecule has 1 rings (SSSR count). The van der Waals surface area contributed by atoms with Crippen molar-refractivity contribution >= 4 is 5.91 Å². The molecule has 2 nitrogen and oxygen atoms in total. The number of unbranched alkanes of at least 4 members (excludes halogenated alkanes) is 1. The summed E-state index contributed by atoms with van der Waals surface area (Å²) in [4.78, 5) is 11.7. The summed E-state index contributed by atoms with van der Waals surface area (Å²) in [5, 5.41) is 2.73. The number of rotatable bonds is 4. The van der Waals surface area contributed by atoms with Crippen molar-refractivity contribution in [2.75, 3.05) is 6.54 Å². The van der Waals surface area contributed by atoms with Gasteiger partial charge in [0.05, 0.1) is 5.92 Å². The lowest BCUT2D eigenvalue weighted by Gasteiger charge is -2.29. The van der Waals surface area contributed by atoms with Gasteiger partial charge in [0.25, 0.3) is 0 Å². The Labute approximate surface area is 105 Å². The second-order valence-corrected chi connectivity index (χ2v) is 4.69. The third-order valence-corrected chi connectivity index (χ3v) is 3.36. The zero-order valence-corrected chi connectivity index (χ0v) is 10.2. The number of terminal acetylenes is 1. The van der Waals surface area contributed by atoms with Gasteiger partial charge in [-0.05, 0) is 32.1 Å². The largest absolute Gasteiger partial charge is 0.391 e. The van der Waals surface area contributed by atoms with Crippen LogP contribution in [0, 0.1) is 24.2 Å². The lowest BCUT2D eigenvalue weighted by atomic mass is 9.81. The molecule has 102 valence electrons. The van der Waals surface area contributed by atoms with Crippen LogP contribution in [0.3, 0.4) is 0 Å². The van der Waals surface area contributed by atoms with Crippen molar-refractivity contribution < 1.29 is 18.0 Å². The number of nitrogens with one attached hydrogen (secondary N) is 1. The quantitative estimate of drug-likeness (QED) is 0.612. The second-order valence-electron chi connectivity index (χ2n) is 4.69. The molecule has 1 N–H and O–H groups in total. The van der Waals surface area contributed by atoms with Crippen molar-refractivity contribution in [3.63, 3.8) is 0 Å². The lowest BCUT2D eigenvalue weighted by Crippen LogP contribution is -2.36. The van der Waals surface area contributed by atoms with E-state index in [0.717, 1.165) is 0 Å². The second kappa shape index (κ2) is 6.67. The van der Waals surface area contributed by atoms with E-state index in [-0.39, 0.29) is 24.7 Å². The van der Waals surface area contributed by atoms with Crippen LogP contribution in [0.25, 0.3) is 0 Å². The van der Waals surface area contributed by atoms with Crippen molar-refractivity contribution in [3.05, 3.63) is 0 Å². The molecule has 1 saturated carbocycles. The van der Waals surface area contributed by atoms with Gasteiger partial charge in [-0.15, -0.1) is 12.3 Å². The van der Waals surface area contributed by atoms with E-state index >= 15 is 0 Å². The van der Waals surface area contributed by atoms with E-state index in [1.807, 2.05) is 0 Å². The highest BCUT2D eigenvalue weighted by Gasteiger charge is 2.42. The minimum Gasteiger partial charge on any atom is -0.356 e. The van der Waals surface area contributed by atoms with Gasteiger partial charge in [0, 0.05) is 18.9 Å². The minimum atomic E-state index is -4.12. The molecule has 1 aliphatic rings. The van der Waals surface area contributed by atoms with Crippen molar-refractivity contribution in [1.29, 1.82) is 0 Å². The van der Waals surface area contributed by atoms with Crippen molar-refractivity contribution in [2.24, 2.45) is 11.8 Å². The smallest absolute Gasteiger partial charge is 0.356 e. The summed E-state index contributed by atoms with van der Waals surface area (Å²) in [6, 6.07) is 0. The molecule has 0 saturated heterocycles. The van der Waals surface area contributed by atoms with Crippen molar-refractivity contribution in [3.8, 4) is 12.3 Å². The first-order chi connectivity index (χ1) is 8.45. The van der Waals surface area contributed by atoms with E-state index in [9.17, 15) is 18.0 Å². The van der Waals surface area contributed by atoms with E-state index in [1.54, 1.807) is 0 Å². The van der Waals surface area contributed by atoms with Gasteiger partial charge in [0.15, 0.2) is 0 Å². The Morgan fingerprint density at radius 2 is 1.89 bits per heavy atom. The van der Waals surface area contributed by atoms with Crippen LogP contribution in [0.15, 0.2) is 0 Å². The minimum absolute atomic E-state index is 0.0615. The Morgan fingerprint density at radius 3 is 2.39 bits per heavy atom. The summed E-state index contributed by atoms with van der Waals surface area (Å²) in [6.07, 6.45) is 3.04. The topological polar surface area (TPSA) is 29.1 Å². The normalized spacial score (nSPS) is 24.3. The summed E-state index contributed by atoms with van der Waals surface area (Å²) in [5.74, 6) is 0.833. The molecular formula is C13H18F3NO. The zero-order chi connectivity index (χ0) is 13.6. The van der Waals surface area contributed by atoms with Gasteiger partial charge >= 0.3 is 6.18 Å². The summed E-state index contributed by atoms with van der Waals surface area (Å²) in [5.41, 5.74) is 0. The Bertz CT molecular complexity index is 311. The first kappa shape index (κ1) is 14.9. The molecular weight excluding hydrogens is 243 g/mol. The molecule has 0 aliphatic heterocycles. The van der Waals surface area contributed by atoms with E-state index in [4.69, 9.17) is 6.42 Å². The predicted octanol–water partition coefficient (Wildman–Crippen LogP) is 2.88. The fraction of sp³-hybridized carbons (Fsp3) is 0.769. The average molecular weight is 261 g/mol. The third kappa shape index (κ3) is 4.59. The highest BCUT2D eigenvalue weighted by atomic mass is 19.4. The van der Waals surface area contributed by atoms with Crippen LogP contribution in [-0.2, 0) is 4.79 Å². The number of carbonyl (C=O) groups is 1. The van der Waals surface area contributed by atoms with Crippen LogP contribution in [0.5, 0.6) is 0 Å². The summed E-state index contributed by atoms with van der Waals surface area (Å²) >= 11 is 0. The summed E-state index contributed by atoms with van der Waals surface area (Å²) in [6.45, 7) is 0.502. The Morgan fingerprint density at radius 1 is 1.28 bits per heavy atom. The first-order valence-corrected chi connectivity index (χ1v) is 6.23. The van der Waals surface area contributed by atoms with Gasteiger partial charge in [0.1, 0.15) is 0 Å². The fourth-order valence-corrected chi connectivity index (χ4v) is 2.23. The number of halogens is 3. The van der Waals surface area contributed by atoms with E-state index in [2.05, 4.69) is 11.2 Å². The van der Waals surface area contributed by atoms with Crippen LogP contribution >= 0.6 is 0 Å². The monoisotopic (exact) mass is 261 g/mol. The molecule has 0 bridgehead atoms. The Balaban J connectivity index is 2.26. The van der Waals surface area contributed by atoms with Gasteiger partial charge in [-0.1, -0.05) is 0 Å². The number of amides is 1. The molecule has 1 fully saturated rings.